The molecule has 1 unspecified atom stereocenters. The van der Waals surface area contributed by atoms with Gasteiger partial charge in [0.1, 0.15) is 12.5 Å². The molecule has 0 aliphatic carbocycles. The predicted molar refractivity (Wildman–Crippen MR) is 137 cm³/mol. The van der Waals surface area contributed by atoms with Crippen molar-refractivity contribution in [1.29, 1.82) is 0 Å². The number of hydrogen-bond donors (Lipinski definition) is 3. The van der Waals surface area contributed by atoms with Crippen molar-refractivity contribution < 1.29 is 23.1 Å². The Kier molecular flexibility index (Phi) is 8.06. The molecule has 8 nitrogen and oxygen atoms in total. The molecule has 11 heteroatoms. The number of aliphatic imine (C=N–C) groups is 1. The first-order valence-corrected chi connectivity index (χ1v) is 13.4. The Labute approximate surface area is 220 Å². The lowest BCUT2D eigenvalue weighted by Gasteiger charge is -2.41. The van der Waals surface area contributed by atoms with E-state index >= 15 is 0 Å². The average Bonchev–Trinajstić information content (AvgIpc) is 3.28. The van der Waals surface area contributed by atoms with Crippen LogP contribution in [0.15, 0.2) is 46.7 Å². The van der Waals surface area contributed by atoms with Gasteiger partial charge in [-0.3, -0.25) is 9.80 Å². The second-order valence-electron chi connectivity index (χ2n) is 10.4. The molecule has 0 saturated carbocycles. The van der Waals surface area contributed by atoms with Crippen LogP contribution in [0.3, 0.4) is 0 Å². The van der Waals surface area contributed by atoms with E-state index in [0.717, 1.165) is 75.9 Å². The number of nitrogens with one attached hydrogen (secondary N) is 2. The van der Waals surface area contributed by atoms with Gasteiger partial charge in [0.15, 0.2) is 5.84 Å². The normalized spacial score (nSPS) is 23.9. The lowest BCUT2D eigenvalue weighted by atomic mass is 10.0. The minimum Gasteiger partial charge on any atom is -0.393 e. The zero-order valence-corrected chi connectivity index (χ0v) is 21.5. The van der Waals surface area contributed by atoms with Crippen molar-refractivity contribution in [3.05, 3.63) is 58.7 Å². The van der Waals surface area contributed by atoms with E-state index in [4.69, 9.17) is 0 Å². The number of benzene rings is 1. The highest BCUT2D eigenvalue weighted by Gasteiger charge is 2.33. The van der Waals surface area contributed by atoms with Gasteiger partial charge in [0.25, 0.3) is 12.3 Å². The Morgan fingerprint density at radius 1 is 1.13 bits per heavy atom. The summed E-state index contributed by atoms with van der Waals surface area (Å²) in [5.41, 5.74) is 3.69. The van der Waals surface area contributed by atoms with Crippen molar-refractivity contribution in [1.82, 2.24) is 25.6 Å². The number of aliphatic hydroxyl groups excluding tert-OH is 1. The second kappa shape index (κ2) is 11.5. The third-order valence-electron chi connectivity index (χ3n) is 7.91. The van der Waals surface area contributed by atoms with E-state index in [9.17, 15) is 23.1 Å². The van der Waals surface area contributed by atoms with Gasteiger partial charge < -0.3 is 20.2 Å². The Morgan fingerprint density at radius 3 is 2.66 bits per heavy atom. The van der Waals surface area contributed by atoms with Gasteiger partial charge >= 0.3 is 0 Å². The monoisotopic (exact) mass is 532 g/mol. The summed E-state index contributed by atoms with van der Waals surface area (Å²) in [5, 5.41) is 14.5. The summed E-state index contributed by atoms with van der Waals surface area (Å²) in [6.45, 7) is 5.55. The number of carbonyl (C=O) groups excluding carboxylic acids is 1. The van der Waals surface area contributed by atoms with Gasteiger partial charge in [0.05, 0.1) is 29.0 Å². The maximum Gasteiger partial charge on any atom is 0.266 e. The summed E-state index contributed by atoms with van der Waals surface area (Å²) in [6, 6.07) is 3.50. The second-order valence-corrected chi connectivity index (χ2v) is 10.4. The summed E-state index contributed by atoms with van der Waals surface area (Å²) in [6.07, 6.45) is 4.99. The van der Waals surface area contributed by atoms with Gasteiger partial charge in [0.2, 0.25) is 0 Å². The fourth-order valence-corrected chi connectivity index (χ4v) is 5.76. The first-order valence-electron chi connectivity index (χ1n) is 13.4. The van der Waals surface area contributed by atoms with Crippen molar-refractivity contribution in [2.24, 2.45) is 4.99 Å². The summed E-state index contributed by atoms with van der Waals surface area (Å²) in [7, 11) is 0. The van der Waals surface area contributed by atoms with Crippen LogP contribution in [-0.4, -0.2) is 76.7 Å². The van der Waals surface area contributed by atoms with Crippen LogP contribution >= 0.6 is 0 Å². The number of hydrogen-bond acceptors (Lipinski definition) is 7. The molecule has 1 amide bonds. The van der Waals surface area contributed by atoms with Crippen LogP contribution in [0.1, 0.15) is 62.6 Å². The van der Waals surface area contributed by atoms with Crippen LogP contribution in [-0.2, 0) is 4.79 Å². The minimum atomic E-state index is -2.93. The molecule has 4 heterocycles. The zero-order valence-electron chi connectivity index (χ0n) is 21.5. The lowest BCUT2D eigenvalue weighted by molar-refractivity contribution is -0.117. The molecule has 4 aliphatic rings. The Balaban J connectivity index is 1.27. The standard InChI is InChI=1S/C27H35F3N6O2/c1-17(21-5-2-6-22(24(21)28)25(29)30)33-27(38)18-14-23(26-31-16-32-36(26)15-18)35-11-7-19(8-12-35)34-10-3-4-20(37)9-13-34/h2,5-6,14-15,17,19-20,25,32,37H,3-4,7-13,16H2,1H3,(H,33,38)/t17-,20?/m1/s1. The maximum atomic E-state index is 14.6. The van der Waals surface area contributed by atoms with E-state index in [0.29, 0.717) is 18.3 Å². The molecule has 2 fully saturated rings. The number of hydrazine groups is 1. The van der Waals surface area contributed by atoms with Gasteiger partial charge in [-0.25, -0.2) is 23.6 Å². The van der Waals surface area contributed by atoms with Crippen LogP contribution in [0.25, 0.3) is 0 Å². The first-order chi connectivity index (χ1) is 18.3. The van der Waals surface area contributed by atoms with Gasteiger partial charge in [-0.05, 0) is 51.6 Å². The highest BCUT2D eigenvalue weighted by Crippen LogP contribution is 2.29. The number of fused-ring (bicyclic) bond motifs is 1. The lowest BCUT2D eigenvalue weighted by Crippen LogP contribution is -2.48. The molecular formula is C27H35F3N6O2. The van der Waals surface area contributed by atoms with Crippen LogP contribution < -0.4 is 10.7 Å². The molecule has 1 aromatic rings. The number of likely N-dealkylation sites (tertiary alicyclic amines) is 2. The number of rotatable bonds is 6. The van der Waals surface area contributed by atoms with Crippen molar-refractivity contribution in [3.8, 4) is 0 Å². The SMILES string of the molecule is C[C@@H](NC(=O)C1=CN2NCN=C2C(N2CCC(N3CCCC(O)CC3)CC2)=C1)c1cccc(C(F)F)c1F. The molecule has 38 heavy (non-hydrogen) atoms. The van der Waals surface area contributed by atoms with Gasteiger partial charge in [-0.15, -0.1) is 0 Å². The van der Waals surface area contributed by atoms with Gasteiger partial charge in [0, 0.05) is 37.4 Å². The maximum absolute atomic E-state index is 14.6. The summed E-state index contributed by atoms with van der Waals surface area (Å²) in [4.78, 5) is 22.5. The van der Waals surface area contributed by atoms with Crippen molar-refractivity contribution >= 4 is 11.7 Å². The molecule has 4 aliphatic heterocycles. The quantitative estimate of drug-likeness (QED) is 0.522. The number of amidine groups is 1. The van der Waals surface area contributed by atoms with Crippen LogP contribution in [0.5, 0.6) is 0 Å². The minimum absolute atomic E-state index is 0.0152. The third kappa shape index (κ3) is 5.60. The van der Waals surface area contributed by atoms with E-state index in [-0.39, 0.29) is 11.7 Å². The Hall–Kier alpha value is -2.89. The van der Waals surface area contributed by atoms with Gasteiger partial charge in [-0.1, -0.05) is 18.2 Å². The largest absolute Gasteiger partial charge is 0.393 e. The molecule has 0 aromatic heterocycles. The molecule has 206 valence electrons. The molecule has 1 aromatic carbocycles. The number of halogens is 3. The Bertz CT molecular complexity index is 1130. The number of piperidine rings is 1. The fraction of sp³-hybridized carbons (Fsp3) is 0.556. The molecular weight excluding hydrogens is 497 g/mol. The molecule has 0 spiro atoms. The third-order valence-corrected chi connectivity index (χ3v) is 7.91. The summed E-state index contributed by atoms with van der Waals surface area (Å²) < 4.78 is 40.9. The predicted octanol–water partition coefficient (Wildman–Crippen LogP) is 3.21. The molecule has 5 rings (SSSR count). The number of carbonyl (C=O) groups is 1. The number of amides is 1. The summed E-state index contributed by atoms with van der Waals surface area (Å²) in [5.74, 6) is -0.675. The summed E-state index contributed by atoms with van der Waals surface area (Å²) >= 11 is 0. The van der Waals surface area contributed by atoms with Crippen LogP contribution in [0.4, 0.5) is 13.2 Å². The smallest absolute Gasteiger partial charge is 0.266 e. The van der Waals surface area contributed by atoms with Crippen LogP contribution in [0, 0.1) is 5.82 Å². The van der Waals surface area contributed by atoms with Gasteiger partial charge in [-0.2, -0.15) is 0 Å². The first kappa shape index (κ1) is 26.7. The highest BCUT2D eigenvalue weighted by molar-refractivity contribution is 6.06. The molecule has 2 saturated heterocycles. The zero-order chi connectivity index (χ0) is 26.8. The van der Waals surface area contributed by atoms with E-state index in [1.807, 2.05) is 0 Å². The van der Waals surface area contributed by atoms with E-state index in [1.54, 1.807) is 24.2 Å². The highest BCUT2D eigenvalue weighted by atomic mass is 19.3. The number of alkyl halides is 2. The molecule has 3 N–H and O–H groups in total. The molecule has 0 bridgehead atoms. The van der Waals surface area contributed by atoms with E-state index in [1.165, 1.54) is 12.1 Å². The Morgan fingerprint density at radius 2 is 1.89 bits per heavy atom. The van der Waals surface area contributed by atoms with Crippen LogP contribution in [0.2, 0.25) is 0 Å². The number of aliphatic hydroxyl groups is 1. The van der Waals surface area contributed by atoms with Crippen molar-refractivity contribution in [2.45, 2.75) is 63.6 Å². The van der Waals surface area contributed by atoms with Crippen molar-refractivity contribution in [3.63, 3.8) is 0 Å². The van der Waals surface area contributed by atoms with E-state index < -0.39 is 29.8 Å². The topological polar surface area (TPSA) is 83.4 Å². The molecule has 0 radical (unpaired) electrons. The number of nitrogens with zero attached hydrogens (tertiary/aromatic N) is 4. The fourth-order valence-electron chi connectivity index (χ4n) is 5.76. The van der Waals surface area contributed by atoms with Crippen molar-refractivity contribution in [2.75, 3.05) is 32.8 Å². The molecule has 2 atom stereocenters. The van der Waals surface area contributed by atoms with E-state index in [2.05, 4.69) is 25.5 Å². The average molecular weight is 533 g/mol.